The molecule has 0 radical (unpaired) electrons. The number of thiophene rings is 1. The number of amides is 1. The van der Waals surface area contributed by atoms with E-state index in [0.29, 0.717) is 43.4 Å². The van der Waals surface area contributed by atoms with E-state index in [2.05, 4.69) is 4.98 Å². The summed E-state index contributed by atoms with van der Waals surface area (Å²) in [5.74, 6) is 0.615. The minimum atomic E-state index is -0.216. The number of hydrogen-bond donors (Lipinski definition) is 1. The van der Waals surface area contributed by atoms with Crippen molar-refractivity contribution in [3.63, 3.8) is 0 Å². The summed E-state index contributed by atoms with van der Waals surface area (Å²) in [6.07, 6.45) is -0.216. The molecule has 0 bridgehead atoms. The number of aromatic nitrogens is 1. The van der Waals surface area contributed by atoms with Crippen LogP contribution in [0.1, 0.15) is 22.2 Å². The molecule has 1 aromatic carbocycles. The summed E-state index contributed by atoms with van der Waals surface area (Å²) in [4.78, 5) is 31.0. The topological polar surface area (TPSA) is 80.9 Å². The fraction of sp³-hybridized carbons (Fsp3) is 0.364. The summed E-state index contributed by atoms with van der Waals surface area (Å²) in [7, 11) is 0. The van der Waals surface area contributed by atoms with Crippen molar-refractivity contribution in [3.05, 3.63) is 62.6 Å². The Hall–Kier alpha value is -2.68. The van der Waals surface area contributed by atoms with Gasteiger partial charge in [0.15, 0.2) is 0 Å². The summed E-state index contributed by atoms with van der Waals surface area (Å²) >= 11 is 1.38. The molecule has 0 spiro atoms. The normalized spacial score (nSPS) is 16.5. The first kappa shape index (κ1) is 20.6. The molecule has 1 N–H and O–H groups in total. The van der Waals surface area contributed by atoms with E-state index in [1.807, 2.05) is 42.6 Å². The average molecular weight is 429 g/mol. The van der Waals surface area contributed by atoms with E-state index < -0.39 is 0 Å². The van der Waals surface area contributed by atoms with Gasteiger partial charge in [0.1, 0.15) is 5.75 Å². The molecule has 7 nitrogen and oxygen atoms in total. The molecule has 1 aliphatic rings. The predicted molar refractivity (Wildman–Crippen MR) is 115 cm³/mol. The molecular weight excluding hydrogens is 404 g/mol. The second kappa shape index (κ2) is 9.42. The zero-order valence-corrected chi connectivity index (χ0v) is 17.6. The number of hydrogen-bond acceptors (Lipinski definition) is 6. The zero-order valence-electron chi connectivity index (χ0n) is 16.8. The lowest BCUT2D eigenvalue weighted by atomic mass is 10.1. The third-order valence-electron chi connectivity index (χ3n) is 4.89. The lowest BCUT2D eigenvalue weighted by Gasteiger charge is -2.29. The van der Waals surface area contributed by atoms with Crippen molar-refractivity contribution in [2.24, 2.45) is 0 Å². The fourth-order valence-electron chi connectivity index (χ4n) is 3.47. The molecule has 3 aromatic rings. The van der Waals surface area contributed by atoms with Crippen LogP contribution in [0.4, 0.5) is 0 Å². The van der Waals surface area contributed by atoms with Crippen LogP contribution in [-0.4, -0.2) is 54.9 Å². The number of pyridine rings is 1. The number of rotatable bonds is 7. The number of H-pyrrole nitrogens is 1. The first-order valence-electron chi connectivity index (χ1n) is 9.95. The molecule has 30 heavy (non-hydrogen) atoms. The Labute approximate surface area is 178 Å². The van der Waals surface area contributed by atoms with Crippen LogP contribution < -0.4 is 10.3 Å². The molecule has 0 saturated carbocycles. The number of ether oxygens (including phenoxy) is 3. The van der Waals surface area contributed by atoms with Crippen LogP contribution in [0.25, 0.3) is 10.9 Å². The van der Waals surface area contributed by atoms with Crippen molar-refractivity contribution in [2.75, 3.05) is 33.0 Å². The van der Waals surface area contributed by atoms with Crippen LogP contribution in [-0.2, 0) is 16.0 Å². The highest BCUT2D eigenvalue weighted by atomic mass is 32.1. The van der Waals surface area contributed by atoms with E-state index in [9.17, 15) is 9.59 Å². The van der Waals surface area contributed by atoms with Gasteiger partial charge in [-0.05, 0) is 42.6 Å². The number of nitrogens with one attached hydrogen (secondary N) is 1. The molecule has 1 atom stereocenters. The SMILES string of the molecule is CCOc1ccc2[nH]c(=O)c(CN(CC3COCCO3)C(=O)c3cccs3)cc2c1. The van der Waals surface area contributed by atoms with Gasteiger partial charge in [-0.1, -0.05) is 6.07 Å². The van der Waals surface area contributed by atoms with E-state index in [-0.39, 0.29) is 24.1 Å². The Kier molecular flexibility index (Phi) is 6.47. The largest absolute Gasteiger partial charge is 0.494 e. The second-order valence-corrected chi connectivity index (χ2v) is 7.98. The van der Waals surface area contributed by atoms with Crippen LogP contribution in [0.15, 0.2) is 46.6 Å². The van der Waals surface area contributed by atoms with Gasteiger partial charge in [0.2, 0.25) is 0 Å². The van der Waals surface area contributed by atoms with Gasteiger partial charge in [-0.2, -0.15) is 0 Å². The Balaban J connectivity index is 1.63. The fourth-order valence-corrected chi connectivity index (χ4v) is 4.16. The van der Waals surface area contributed by atoms with Crippen LogP contribution >= 0.6 is 11.3 Å². The number of nitrogens with zero attached hydrogens (tertiary/aromatic N) is 1. The molecule has 1 amide bonds. The van der Waals surface area contributed by atoms with Gasteiger partial charge in [0.25, 0.3) is 11.5 Å². The average Bonchev–Trinajstić information content (AvgIpc) is 3.29. The Bertz CT molecular complexity index is 1060. The standard InChI is InChI=1S/C22H24N2O5S/c1-2-28-17-5-6-19-15(11-17)10-16(21(25)23-19)12-24(13-18-14-27-7-8-29-18)22(26)20-4-3-9-30-20/h3-6,9-11,18H,2,7-8,12-14H2,1H3,(H,23,25). The van der Waals surface area contributed by atoms with E-state index in [1.165, 1.54) is 11.3 Å². The van der Waals surface area contributed by atoms with E-state index in [1.54, 1.807) is 11.0 Å². The number of carbonyl (C=O) groups is 1. The second-order valence-electron chi connectivity index (χ2n) is 7.04. The molecule has 4 rings (SSSR count). The van der Waals surface area contributed by atoms with E-state index in [4.69, 9.17) is 14.2 Å². The maximum absolute atomic E-state index is 13.1. The first-order valence-corrected chi connectivity index (χ1v) is 10.8. The number of benzene rings is 1. The highest BCUT2D eigenvalue weighted by Gasteiger charge is 2.24. The lowest BCUT2D eigenvalue weighted by Crippen LogP contribution is -2.43. The molecule has 3 heterocycles. The molecule has 1 aliphatic heterocycles. The summed E-state index contributed by atoms with van der Waals surface area (Å²) in [5, 5.41) is 2.72. The van der Waals surface area contributed by atoms with Crippen molar-refractivity contribution in [3.8, 4) is 5.75 Å². The molecule has 8 heteroatoms. The summed E-state index contributed by atoms with van der Waals surface area (Å²) < 4.78 is 16.8. The summed E-state index contributed by atoms with van der Waals surface area (Å²) in [5.41, 5.74) is 1.03. The van der Waals surface area contributed by atoms with Gasteiger partial charge >= 0.3 is 0 Å². The van der Waals surface area contributed by atoms with Gasteiger partial charge in [-0.3, -0.25) is 9.59 Å². The van der Waals surface area contributed by atoms with Crippen LogP contribution in [0.3, 0.4) is 0 Å². The third-order valence-corrected chi connectivity index (χ3v) is 5.75. The van der Waals surface area contributed by atoms with Crippen molar-refractivity contribution in [2.45, 2.75) is 19.6 Å². The maximum atomic E-state index is 13.1. The van der Waals surface area contributed by atoms with Gasteiger partial charge in [0.05, 0.1) is 44.0 Å². The van der Waals surface area contributed by atoms with E-state index >= 15 is 0 Å². The first-order chi connectivity index (χ1) is 14.6. The van der Waals surface area contributed by atoms with E-state index in [0.717, 1.165) is 16.7 Å². The van der Waals surface area contributed by atoms with Crippen LogP contribution in [0, 0.1) is 0 Å². The van der Waals surface area contributed by atoms with Crippen molar-refractivity contribution >= 4 is 28.1 Å². The van der Waals surface area contributed by atoms with Gasteiger partial charge in [-0.25, -0.2) is 0 Å². The third kappa shape index (κ3) is 4.72. The van der Waals surface area contributed by atoms with Crippen LogP contribution in [0.5, 0.6) is 5.75 Å². The van der Waals surface area contributed by atoms with Gasteiger partial charge in [-0.15, -0.1) is 11.3 Å². The molecule has 0 aliphatic carbocycles. The van der Waals surface area contributed by atoms with Crippen molar-refractivity contribution < 1.29 is 19.0 Å². The van der Waals surface area contributed by atoms with Gasteiger partial charge < -0.3 is 24.1 Å². The van der Waals surface area contributed by atoms with Crippen molar-refractivity contribution in [1.82, 2.24) is 9.88 Å². The quantitative estimate of drug-likeness (QED) is 0.626. The highest BCUT2D eigenvalue weighted by molar-refractivity contribution is 7.12. The minimum absolute atomic E-state index is 0.123. The number of fused-ring (bicyclic) bond motifs is 1. The molecular formula is C22H24N2O5S. The molecule has 158 valence electrons. The Morgan fingerprint density at radius 1 is 1.30 bits per heavy atom. The van der Waals surface area contributed by atoms with Crippen molar-refractivity contribution in [1.29, 1.82) is 0 Å². The molecule has 2 aromatic heterocycles. The lowest BCUT2D eigenvalue weighted by molar-refractivity contribution is -0.0952. The molecule has 1 saturated heterocycles. The van der Waals surface area contributed by atoms with Gasteiger partial charge in [0, 0.05) is 23.0 Å². The minimum Gasteiger partial charge on any atom is -0.494 e. The maximum Gasteiger partial charge on any atom is 0.264 e. The summed E-state index contributed by atoms with van der Waals surface area (Å²) in [6, 6.07) is 11.0. The Morgan fingerprint density at radius 2 is 2.20 bits per heavy atom. The molecule has 1 unspecified atom stereocenters. The predicted octanol–water partition coefficient (Wildman–Crippen LogP) is 3.05. The molecule has 1 fully saturated rings. The zero-order chi connectivity index (χ0) is 20.9. The number of aromatic amines is 1. The Morgan fingerprint density at radius 3 is 2.93 bits per heavy atom. The van der Waals surface area contributed by atoms with Crippen LogP contribution in [0.2, 0.25) is 0 Å². The monoisotopic (exact) mass is 428 g/mol. The highest BCUT2D eigenvalue weighted by Crippen LogP contribution is 2.21. The summed E-state index contributed by atoms with van der Waals surface area (Å²) in [6.45, 7) is 4.51. The number of carbonyl (C=O) groups excluding carboxylic acids is 1. The smallest absolute Gasteiger partial charge is 0.264 e.